The summed E-state index contributed by atoms with van der Waals surface area (Å²) in [4.78, 5) is 4.03. The summed E-state index contributed by atoms with van der Waals surface area (Å²) in [5.41, 5.74) is 2.69. The van der Waals surface area contributed by atoms with Crippen LogP contribution in [-0.4, -0.2) is 48.1 Å². The molecule has 0 bridgehead atoms. The molecule has 0 amide bonds. The molecule has 2 aliphatic heterocycles. The standard InChI is InChI=1S/C14H18N2O3/c1-9-11(15-4-5-15)14(19)10(3-2-8-17)12(13(9)18)16-6-7-16/h2-3,17-19H,4-8H2,1H3/b3-2+. The van der Waals surface area contributed by atoms with E-state index in [1.165, 1.54) is 0 Å². The summed E-state index contributed by atoms with van der Waals surface area (Å²) in [5, 5.41) is 29.8. The lowest BCUT2D eigenvalue weighted by Gasteiger charge is -2.19. The first-order valence-electron chi connectivity index (χ1n) is 6.51. The molecule has 0 radical (unpaired) electrons. The van der Waals surface area contributed by atoms with Gasteiger partial charge in [-0.25, -0.2) is 0 Å². The highest BCUT2D eigenvalue weighted by Gasteiger charge is 2.33. The van der Waals surface area contributed by atoms with Crippen molar-refractivity contribution in [1.82, 2.24) is 0 Å². The molecule has 0 aromatic heterocycles. The molecule has 2 heterocycles. The van der Waals surface area contributed by atoms with Crippen LogP contribution in [0, 0.1) is 6.92 Å². The maximum Gasteiger partial charge on any atom is 0.148 e. The highest BCUT2D eigenvalue weighted by Crippen LogP contribution is 2.50. The van der Waals surface area contributed by atoms with E-state index in [4.69, 9.17) is 5.11 Å². The summed E-state index contributed by atoms with van der Waals surface area (Å²) in [5.74, 6) is 0.425. The molecular formula is C14H18N2O3. The van der Waals surface area contributed by atoms with Crippen LogP contribution < -0.4 is 9.80 Å². The Labute approximate surface area is 112 Å². The average molecular weight is 262 g/mol. The average Bonchev–Trinajstić information content (AvgIpc) is 3.24. The summed E-state index contributed by atoms with van der Waals surface area (Å²) < 4.78 is 0. The van der Waals surface area contributed by atoms with Gasteiger partial charge in [-0.3, -0.25) is 0 Å². The smallest absolute Gasteiger partial charge is 0.148 e. The number of hydrogen-bond acceptors (Lipinski definition) is 5. The minimum Gasteiger partial charge on any atom is -0.505 e. The van der Waals surface area contributed by atoms with Crippen LogP contribution in [0.25, 0.3) is 6.08 Å². The number of aliphatic hydroxyl groups excluding tert-OH is 1. The van der Waals surface area contributed by atoms with Crippen molar-refractivity contribution in [1.29, 1.82) is 0 Å². The molecule has 102 valence electrons. The quantitative estimate of drug-likeness (QED) is 0.559. The summed E-state index contributed by atoms with van der Waals surface area (Å²) in [7, 11) is 0. The topological polar surface area (TPSA) is 66.7 Å². The number of aromatic hydroxyl groups is 2. The van der Waals surface area contributed by atoms with E-state index in [0.29, 0.717) is 16.9 Å². The Morgan fingerprint density at radius 2 is 1.58 bits per heavy atom. The van der Waals surface area contributed by atoms with Crippen molar-refractivity contribution in [3.63, 3.8) is 0 Å². The van der Waals surface area contributed by atoms with Crippen molar-refractivity contribution in [3.8, 4) is 11.5 Å². The van der Waals surface area contributed by atoms with E-state index in [-0.39, 0.29) is 18.1 Å². The van der Waals surface area contributed by atoms with Crippen LogP contribution in [0.15, 0.2) is 6.08 Å². The van der Waals surface area contributed by atoms with Gasteiger partial charge in [0.25, 0.3) is 0 Å². The second-order valence-corrected chi connectivity index (χ2v) is 4.99. The molecule has 3 N–H and O–H groups in total. The fourth-order valence-electron chi connectivity index (χ4n) is 2.42. The monoisotopic (exact) mass is 262 g/mol. The fraction of sp³-hybridized carbons (Fsp3) is 0.429. The molecule has 2 fully saturated rings. The zero-order valence-electron chi connectivity index (χ0n) is 10.9. The number of hydrogen-bond donors (Lipinski definition) is 3. The van der Waals surface area contributed by atoms with E-state index in [1.54, 1.807) is 12.2 Å². The molecular weight excluding hydrogens is 244 g/mol. The van der Waals surface area contributed by atoms with Gasteiger partial charge in [0.2, 0.25) is 0 Å². The van der Waals surface area contributed by atoms with Crippen LogP contribution in [0.2, 0.25) is 0 Å². The molecule has 5 heteroatoms. The molecule has 0 aliphatic carbocycles. The Bertz CT molecular complexity index is 546. The molecule has 0 saturated carbocycles. The van der Waals surface area contributed by atoms with Crippen molar-refractivity contribution < 1.29 is 15.3 Å². The summed E-state index contributed by atoms with van der Waals surface area (Å²) >= 11 is 0. The number of rotatable bonds is 4. The number of anilines is 2. The minimum atomic E-state index is -0.0907. The van der Waals surface area contributed by atoms with Gasteiger partial charge >= 0.3 is 0 Å². The minimum absolute atomic E-state index is 0.0907. The lowest BCUT2D eigenvalue weighted by atomic mass is 10.0. The second-order valence-electron chi connectivity index (χ2n) is 4.99. The first-order chi connectivity index (χ1) is 9.15. The van der Waals surface area contributed by atoms with Gasteiger partial charge in [0, 0.05) is 37.3 Å². The third kappa shape index (κ3) is 2.00. The Kier molecular flexibility index (Phi) is 2.78. The predicted molar refractivity (Wildman–Crippen MR) is 75.1 cm³/mol. The van der Waals surface area contributed by atoms with Crippen molar-refractivity contribution in [2.75, 3.05) is 42.6 Å². The summed E-state index contributed by atoms with van der Waals surface area (Å²) in [6, 6.07) is 0. The van der Waals surface area contributed by atoms with E-state index in [9.17, 15) is 10.2 Å². The fourth-order valence-corrected chi connectivity index (χ4v) is 2.42. The second kappa shape index (κ2) is 4.35. The first kappa shape index (κ1) is 12.2. The maximum atomic E-state index is 10.5. The van der Waals surface area contributed by atoms with Gasteiger partial charge in [0.1, 0.15) is 11.5 Å². The zero-order valence-corrected chi connectivity index (χ0v) is 10.9. The van der Waals surface area contributed by atoms with Gasteiger partial charge in [-0.2, -0.15) is 0 Å². The lowest BCUT2D eigenvalue weighted by Crippen LogP contribution is -2.02. The van der Waals surface area contributed by atoms with Crippen LogP contribution >= 0.6 is 0 Å². The van der Waals surface area contributed by atoms with E-state index >= 15 is 0 Å². The van der Waals surface area contributed by atoms with Crippen LogP contribution in [0.1, 0.15) is 11.1 Å². The van der Waals surface area contributed by atoms with Crippen molar-refractivity contribution in [3.05, 3.63) is 17.2 Å². The molecule has 0 spiro atoms. The maximum absolute atomic E-state index is 10.5. The van der Waals surface area contributed by atoms with Crippen LogP contribution in [0.3, 0.4) is 0 Å². The van der Waals surface area contributed by atoms with Crippen molar-refractivity contribution in [2.45, 2.75) is 6.92 Å². The van der Waals surface area contributed by atoms with Gasteiger partial charge in [-0.15, -0.1) is 0 Å². The van der Waals surface area contributed by atoms with Gasteiger partial charge in [-0.1, -0.05) is 12.2 Å². The molecule has 0 atom stereocenters. The number of nitrogens with zero attached hydrogens (tertiary/aromatic N) is 2. The van der Waals surface area contributed by atoms with Crippen LogP contribution in [-0.2, 0) is 0 Å². The lowest BCUT2D eigenvalue weighted by molar-refractivity contribution is 0.343. The molecule has 1 aromatic rings. The molecule has 19 heavy (non-hydrogen) atoms. The Morgan fingerprint density at radius 1 is 1.00 bits per heavy atom. The SMILES string of the molecule is Cc1c(O)c(N2CC2)c(/C=C/CO)c(O)c1N1CC1. The van der Waals surface area contributed by atoms with Crippen molar-refractivity contribution >= 4 is 17.5 Å². The Hall–Kier alpha value is -1.88. The number of phenols is 2. The normalized spacial score (nSPS) is 17.4. The molecule has 3 rings (SSSR count). The number of aliphatic hydroxyl groups is 1. The largest absolute Gasteiger partial charge is 0.505 e. The first-order valence-corrected chi connectivity index (χ1v) is 6.51. The van der Waals surface area contributed by atoms with Gasteiger partial charge in [-0.05, 0) is 6.92 Å². The molecule has 2 saturated heterocycles. The molecule has 1 aromatic carbocycles. The summed E-state index contributed by atoms with van der Waals surface area (Å²) in [6.07, 6.45) is 3.25. The number of benzene rings is 1. The van der Waals surface area contributed by atoms with Gasteiger partial charge in [0.05, 0.1) is 18.0 Å². The van der Waals surface area contributed by atoms with E-state index in [1.807, 2.05) is 16.7 Å². The molecule has 2 aliphatic rings. The Morgan fingerprint density at radius 3 is 2.11 bits per heavy atom. The third-order valence-electron chi connectivity index (χ3n) is 3.59. The van der Waals surface area contributed by atoms with Crippen LogP contribution in [0.4, 0.5) is 11.4 Å². The van der Waals surface area contributed by atoms with Crippen LogP contribution in [0.5, 0.6) is 11.5 Å². The predicted octanol–water partition coefficient (Wildman–Crippen LogP) is 1.05. The zero-order chi connectivity index (χ0) is 13.6. The van der Waals surface area contributed by atoms with E-state index in [0.717, 1.165) is 31.7 Å². The van der Waals surface area contributed by atoms with Gasteiger partial charge < -0.3 is 25.1 Å². The Balaban J connectivity index is 2.20. The third-order valence-corrected chi connectivity index (χ3v) is 3.59. The highest BCUT2D eigenvalue weighted by molar-refractivity contribution is 5.89. The van der Waals surface area contributed by atoms with E-state index < -0.39 is 0 Å². The van der Waals surface area contributed by atoms with Gasteiger partial charge in [0.15, 0.2) is 0 Å². The highest BCUT2D eigenvalue weighted by atomic mass is 16.3. The molecule has 0 unspecified atom stereocenters. The number of phenolic OH excluding ortho intramolecular Hbond substituents is 2. The van der Waals surface area contributed by atoms with Crippen molar-refractivity contribution in [2.24, 2.45) is 0 Å². The molecule has 5 nitrogen and oxygen atoms in total. The summed E-state index contributed by atoms with van der Waals surface area (Å²) in [6.45, 7) is 5.31. The van der Waals surface area contributed by atoms with E-state index in [2.05, 4.69) is 0 Å².